The van der Waals surface area contributed by atoms with E-state index in [0.29, 0.717) is 35.6 Å². The van der Waals surface area contributed by atoms with Crippen LogP contribution >= 0.6 is 15.9 Å². The van der Waals surface area contributed by atoms with E-state index in [9.17, 15) is 9.90 Å². The molecule has 2 N–H and O–H groups in total. The van der Waals surface area contributed by atoms with Crippen LogP contribution in [0.15, 0.2) is 21.7 Å². The molecule has 1 heterocycles. The summed E-state index contributed by atoms with van der Waals surface area (Å²) in [5.74, 6) is -0.839. The van der Waals surface area contributed by atoms with E-state index in [4.69, 9.17) is 14.2 Å². The molecule has 1 aliphatic rings. The second-order valence-electron chi connectivity index (χ2n) is 5.44. The lowest BCUT2D eigenvalue weighted by Gasteiger charge is -2.33. The number of rotatable bonds is 6. The van der Waals surface area contributed by atoms with Crippen LogP contribution in [-0.4, -0.2) is 42.8 Å². The first-order valence-electron chi connectivity index (χ1n) is 7.68. The number of nitrogens with one attached hydrogen (secondary N) is 1. The van der Waals surface area contributed by atoms with Gasteiger partial charge in [-0.3, -0.25) is 4.79 Å². The molecule has 24 heavy (non-hydrogen) atoms. The number of nitrogens with zero attached hydrogens (tertiary/aromatic N) is 1. The molecule has 0 atom stereocenters. The summed E-state index contributed by atoms with van der Waals surface area (Å²) in [7, 11) is 0. The Morgan fingerprint density at radius 2 is 2.21 bits per heavy atom. The summed E-state index contributed by atoms with van der Waals surface area (Å²) >= 11 is 3.25. The topological polar surface area (TPSA) is 89.4 Å². The molecule has 1 amide bonds. The van der Waals surface area contributed by atoms with E-state index in [1.807, 2.05) is 6.92 Å². The number of phenolic OH excluding ortho intramolecular Hbond substituents is 1. The maximum Gasteiger partial charge on any atom is 0.245 e. The van der Waals surface area contributed by atoms with Crippen LogP contribution in [0.2, 0.25) is 0 Å². The van der Waals surface area contributed by atoms with Gasteiger partial charge in [-0.25, -0.2) is 5.43 Å². The first-order valence-corrected chi connectivity index (χ1v) is 8.48. The van der Waals surface area contributed by atoms with Crippen molar-refractivity contribution in [2.75, 3.05) is 19.8 Å². The molecule has 132 valence electrons. The Labute approximate surface area is 149 Å². The minimum atomic E-state index is -0.901. The predicted molar refractivity (Wildman–Crippen MR) is 92.3 cm³/mol. The second kappa shape index (κ2) is 8.46. The molecular weight excluding hydrogens is 380 g/mol. The molecule has 0 aromatic heterocycles. The highest BCUT2D eigenvalue weighted by molar-refractivity contribution is 9.10. The fraction of sp³-hybridized carbons (Fsp3) is 0.500. The maximum absolute atomic E-state index is 11.9. The van der Waals surface area contributed by atoms with Gasteiger partial charge in [0.05, 0.1) is 36.9 Å². The van der Waals surface area contributed by atoms with Crippen molar-refractivity contribution in [1.82, 2.24) is 5.43 Å². The maximum atomic E-state index is 11.9. The molecule has 1 fully saturated rings. The van der Waals surface area contributed by atoms with Crippen molar-refractivity contribution in [2.45, 2.75) is 32.5 Å². The summed E-state index contributed by atoms with van der Waals surface area (Å²) in [5.41, 5.74) is 3.11. The second-order valence-corrected chi connectivity index (χ2v) is 6.29. The Morgan fingerprint density at radius 1 is 1.50 bits per heavy atom. The van der Waals surface area contributed by atoms with Gasteiger partial charge in [-0.1, -0.05) is 0 Å². The standard InChI is InChI=1S/C16H21BrN2O5/c1-3-22-13-8-11(7-12(17)15(13)21)10-18-19-14(20)9-16(2)23-5-4-6-24-16/h7-8,10,21H,3-6,9H2,1-2H3,(H,19,20)/b18-10-. The fourth-order valence-electron chi connectivity index (χ4n) is 2.22. The van der Waals surface area contributed by atoms with Crippen molar-refractivity contribution in [3.05, 3.63) is 22.2 Å². The van der Waals surface area contributed by atoms with Crippen LogP contribution in [0.25, 0.3) is 0 Å². The van der Waals surface area contributed by atoms with Crippen molar-refractivity contribution in [1.29, 1.82) is 0 Å². The van der Waals surface area contributed by atoms with Gasteiger partial charge in [-0.2, -0.15) is 5.10 Å². The van der Waals surface area contributed by atoms with Gasteiger partial charge in [-0.15, -0.1) is 0 Å². The van der Waals surface area contributed by atoms with Gasteiger partial charge in [0.25, 0.3) is 0 Å². The lowest BCUT2D eigenvalue weighted by Crippen LogP contribution is -2.41. The number of hydrogen-bond acceptors (Lipinski definition) is 6. The molecule has 1 saturated heterocycles. The summed E-state index contributed by atoms with van der Waals surface area (Å²) in [6.45, 7) is 5.14. The predicted octanol–water partition coefficient (Wildman–Crippen LogP) is 2.55. The van der Waals surface area contributed by atoms with Gasteiger partial charge in [0.1, 0.15) is 0 Å². The Kier molecular flexibility index (Phi) is 6.59. The number of ether oxygens (including phenoxy) is 3. The summed E-state index contributed by atoms with van der Waals surface area (Å²) < 4.78 is 16.8. The lowest BCUT2D eigenvalue weighted by molar-refractivity contribution is -0.256. The zero-order valence-electron chi connectivity index (χ0n) is 13.7. The molecule has 1 aromatic rings. The molecule has 0 unspecified atom stereocenters. The van der Waals surface area contributed by atoms with Crippen molar-refractivity contribution >= 4 is 28.1 Å². The number of carbonyl (C=O) groups excluding carboxylic acids is 1. The Hall–Kier alpha value is -1.64. The van der Waals surface area contributed by atoms with Crippen LogP contribution in [0, 0.1) is 0 Å². The van der Waals surface area contributed by atoms with E-state index in [2.05, 4.69) is 26.5 Å². The monoisotopic (exact) mass is 400 g/mol. The van der Waals surface area contributed by atoms with Gasteiger partial charge < -0.3 is 19.3 Å². The van der Waals surface area contributed by atoms with Crippen molar-refractivity contribution in [2.24, 2.45) is 5.10 Å². The molecule has 0 radical (unpaired) electrons. The first-order chi connectivity index (χ1) is 11.4. The zero-order chi connectivity index (χ0) is 17.6. The number of halogens is 1. The van der Waals surface area contributed by atoms with E-state index in [1.165, 1.54) is 6.21 Å². The van der Waals surface area contributed by atoms with Crippen LogP contribution in [0.4, 0.5) is 0 Å². The third kappa shape index (κ3) is 5.19. The van der Waals surface area contributed by atoms with E-state index in [-0.39, 0.29) is 18.1 Å². The third-order valence-corrected chi connectivity index (χ3v) is 3.94. The number of amides is 1. The third-order valence-electron chi connectivity index (χ3n) is 3.34. The van der Waals surface area contributed by atoms with Crippen molar-refractivity contribution in [3.63, 3.8) is 0 Å². The van der Waals surface area contributed by atoms with Crippen LogP contribution < -0.4 is 10.2 Å². The molecule has 8 heteroatoms. The Bertz CT molecular complexity index is 615. The normalized spacial score (nSPS) is 17.0. The molecule has 0 spiro atoms. The van der Waals surface area contributed by atoms with Gasteiger partial charge in [0, 0.05) is 0 Å². The number of hydrogen-bond donors (Lipinski definition) is 2. The number of hydrazone groups is 1. The summed E-state index contributed by atoms with van der Waals surface area (Å²) in [6.07, 6.45) is 2.36. The Morgan fingerprint density at radius 3 is 2.88 bits per heavy atom. The SMILES string of the molecule is CCOc1cc(/C=N\NC(=O)CC2(C)OCCCO2)cc(Br)c1O. The minimum absolute atomic E-state index is 0.0255. The van der Waals surface area contributed by atoms with Crippen LogP contribution in [-0.2, 0) is 14.3 Å². The zero-order valence-corrected chi connectivity index (χ0v) is 15.3. The summed E-state index contributed by atoms with van der Waals surface area (Å²) in [6, 6.07) is 3.30. The van der Waals surface area contributed by atoms with Crippen LogP contribution in [0.5, 0.6) is 11.5 Å². The van der Waals surface area contributed by atoms with Crippen LogP contribution in [0.1, 0.15) is 32.3 Å². The van der Waals surface area contributed by atoms with Gasteiger partial charge in [-0.05, 0) is 53.9 Å². The van der Waals surface area contributed by atoms with E-state index < -0.39 is 5.79 Å². The quantitative estimate of drug-likeness (QED) is 0.565. The van der Waals surface area contributed by atoms with Gasteiger partial charge >= 0.3 is 0 Å². The molecule has 0 bridgehead atoms. The average Bonchev–Trinajstić information content (AvgIpc) is 2.52. The highest BCUT2D eigenvalue weighted by atomic mass is 79.9. The lowest BCUT2D eigenvalue weighted by atomic mass is 10.2. The number of phenols is 1. The number of carbonyl (C=O) groups is 1. The summed E-state index contributed by atoms with van der Waals surface area (Å²) in [5, 5.41) is 13.8. The van der Waals surface area contributed by atoms with Crippen molar-refractivity contribution in [3.8, 4) is 11.5 Å². The summed E-state index contributed by atoms with van der Waals surface area (Å²) in [4.78, 5) is 11.9. The largest absolute Gasteiger partial charge is 0.503 e. The minimum Gasteiger partial charge on any atom is -0.503 e. The molecule has 1 aromatic carbocycles. The van der Waals surface area contributed by atoms with Gasteiger partial charge in [0.2, 0.25) is 5.91 Å². The highest BCUT2D eigenvalue weighted by Gasteiger charge is 2.31. The average molecular weight is 401 g/mol. The number of aromatic hydroxyl groups is 1. The van der Waals surface area contributed by atoms with Gasteiger partial charge in [0.15, 0.2) is 17.3 Å². The fourth-order valence-corrected chi connectivity index (χ4v) is 2.68. The van der Waals surface area contributed by atoms with Crippen molar-refractivity contribution < 1.29 is 24.1 Å². The molecule has 7 nitrogen and oxygen atoms in total. The smallest absolute Gasteiger partial charge is 0.245 e. The van der Waals surface area contributed by atoms with E-state index >= 15 is 0 Å². The molecule has 0 aliphatic carbocycles. The Balaban J connectivity index is 1.94. The van der Waals surface area contributed by atoms with Crippen LogP contribution in [0.3, 0.4) is 0 Å². The molecular formula is C16H21BrN2O5. The van der Waals surface area contributed by atoms with E-state index in [0.717, 1.165) is 6.42 Å². The molecule has 2 rings (SSSR count). The molecule has 1 aliphatic heterocycles. The highest BCUT2D eigenvalue weighted by Crippen LogP contribution is 2.35. The molecule has 0 saturated carbocycles. The first kappa shape index (κ1) is 18.7. The number of benzene rings is 1. The van der Waals surface area contributed by atoms with E-state index in [1.54, 1.807) is 19.1 Å².